The van der Waals surface area contributed by atoms with Crippen molar-refractivity contribution in [3.8, 4) is 5.75 Å². The second-order valence-corrected chi connectivity index (χ2v) is 6.93. The fourth-order valence-corrected chi connectivity index (χ4v) is 2.43. The molecule has 3 nitrogen and oxygen atoms in total. The highest BCUT2D eigenvalue weighted by Gasteiger charge is 2.07. The fourth-order valence-electron chi connectivity index (χ4n) is 1.73. The Balaban J connectivity index is 2.31. The van der Waals surface area contributed by atoms with Crippen molar-refractivity contribution < 1.29 is 4.43 Å². The van der Waals surface area contributed by atoms with Crippen LogP contribution in [0.15, 0.2) is 47.6 Å². The number of hydrogen-bond donors (Lipinski definition) is 0. The van der Waals surface area contributed by atoms with E-state index < -0.39 is 9.04 Å². The van der Waals surface area contributed by atoms with Crippen molar-refractivity contribution in [2.45, 2.75) is 20.0 Å². The van der Waals surface area contributed by atoms with Gasteiger partial charge in [0.15, 0.2) is 0 Å². The molecule has 0 aliphatic heterocycles. The highest BCUT2D eigenvalue weighted by Crippen LogP contribution is 2.31. The number of para-hydroxylation sites is 1. The van der Waals surface area contributed by atoms with Crippen LogP contribution in [0.4, 0.5) is 5.69 Å². The summed E-state index contributed by atoms with van der Waals surface area (Å²) in [7, 11) is -1.13. The monoisotopic (exact) mass is 270 g/mol. The highest BCUT2D eigenvalue weighted by atomic mass is 28.3. The van der Waals surface area contributed by atoms with E-state index in [1.165, 1.54) is 0 Å². The molecule has 0 fully saturated rings. The molecule has 98 valence electrons. The lowest BCUT2D eigenvalue weighted by atomic mass is 10.2. The first kappa shape index (κ1) is 13.5. The molecule has 0 amide bonds. The first-order chi connectivity index (χ1) is 9.16. The normalized spacial score (nSPS) is 11.2. The van der Waals surface area contributed by atoms with E-state index in [0.717, 1.165) is 22.7 Å². The number of aliphatic imine (C=N–C) groups is 1. The molecule has 0 bridgehead atoms. The largest absolute Gasteiger partial charge is 0.546 e. The Bertz CT molecular complexity index is 568. The Morgan fingerprint density at radius 3 is 2.68 bits per heavy atom. The van der Waals surface area contributed by atoms with E-state index in [1.54, 1.807) is 12.4 Å². The molecule has 0 N–H and O–H groups in total. The van der Waals surface area contributed by atoms with Crippen molar-refractivity contribution in [1.29, 1.82) is 0 Å². The molecule has 1 aromatic carbocycles. The number of hydrogen-bond acceptors (Lipinski definition) is 3. The second kappa shape index (κ2) is 6.29. The van der Waals surface area contributed by atoms with Crippen LogP contribution in [0.5, 0.6) is 5.75 Å². The predicted molar refractivity (Wildman–Crippen MR) is 82.2 cm³/mol. The molecular formula is C15H18N2OSi. The summed E-state index contributed by atoms with van der Waals surface area (Å²) in [5.41, 5.74) is 2.85. The number of benzene rings is 1. The maximum Gasteiger partial charge on any atom is 0.229 e. The van der Waals surface area contributed by atoms with E-state index >= 15 is 0 Å². The molecular weight excluding hydrogens is 252 g/mol. The third kappa shape index (κ3) is 3.76. The van der Waals surface area contributed by atoms with Gasteiger partial charge < -0.3 is 4.43 Å². The molecule has 2 aromatic rings. The van der Waals surface area contributed by atoms with Crippen molar-refractivity contribution in [3.63, 3.8) is 0 Å². The zero-order valence-electron chi connectivity index (χ0n) is 11.5. The zero-order valence-corrected chi connectivity index (χ0v) is 12.7. The van der Waals surface area contributed by atoms with Crippen LogP contribution in [0.2, 0.25) is 13.1 Å². The summed E-state index contributed by atoms with van der Waals surface area (Å²) in [4.78, 5) is 8.77. The van der Waals surface area contributed by atoms with E-state index in [0.29, 0.717) is 0 Å². The highest BCUT2D eigenvalue weighted by molar-refractivity contribution is 6.49. The van der Waals surface area contributed by atoms with E-state index in [2.05, 4.69) is 23.1 Å². The summed E-state index contributed by atoms with van der Waals surface area (Å²) in [5, 5.41) is 0. The summed E-state index contributed by atoms with van der Waals surface area (Å²) in [6, 6.07) is 11.8. The zero-order chi connectivity index (χ0) is 13.7. The molecule has 4 heteroatoms. The van der Waals surface area contributed by atoms with Gasteiger partial charge >= 0.3 is 0 Å². The summed E-state index contributed by atoms with van der Waals surface area (Å²) in [5.74, 6) is 0.869. The van der Waals surface area contributed by atoms with Gasteiger partial charge in [0.05, 0.1) is 11.9 Å². The van der Waals surface area contributed by atoms with E-state index in [-0.39, 0.29) is 0 Å². The lowest BCUT2D eigenvalue weighted by molar-refractivity contribution is 0.581. The number of rotatable bonds is 4. The van der Waals surface area contributed by atoms with Gasteiger partial charge in [-0.15, -0.1) is 0 Å². The van der Waals surface area contributed by atoms with Crippen molar-refractivity contribution in [2.24, 2.45) is 4.99 Å². The number of nitrogens with zero attached hydrogens (tertiary/aromatic N) is 2. The molecule has 0 aliphatic carbocycles. The minimum absolute atomic E-state index is 0.846. The molecule has 1 heterocycles. The average molecular weight is 270 g/mol. The topological polar surface area (TPSA) is 34.5 Å². The molecule has 0 aliphatic rings. The van der Waals surface area contributed by atoms with Gasteiger partial charge in [-0.3, -0.25) is 9.98 Å². The Hall–Kier alpha value is -1.94. The lowest BCUT2D eigenvalue weighted by Crippen LogP contribution is -2.11. The lowest BCUT2D eigenvalue weighted by Gasteiger charge is -2.13. The summed E-state index contributed by atoms with van der Waals surface area (Å²) < 4.78 is 5.92. The van der Waals surface area contributed by atoms with Crippen LogP contribution in [0.3, 0.4) is 0 Å². The summed E-state index contributed by atoms with van der Waals surface area (Å²) in [6.07, 6.45) is 3.54. The summed E-state index contributed by atoms with van der Waals surface area (Å²) in [6.45, 7) is 6.34. The molecule has 0 spiro atoms. The Labute approximate surface area is 115 Å². The Morgan fingerprint density at radius 2 is 2.00 bits per heavy atom. The molecule has 0 saturated heterocycles. The van der Waals surface area contributed by atoms with E-state index in [1.807, 2.05) is 43.3 Å². The van der Waals surface area contributed by atoms with Gasteiger partial charge in [0.25, 0.3) is 0 Å². The van der Waals surface area contributed by atoms with Gasteiger partial charge in [-0.05, 0) is 43.8 Å². The molecule has 19 heavy (non-hydrogen) atoms. The minimum atomic E-state index is -1.13. The first-order valence-electron chi connectivity index (χ1n) is 6.38. The quantitative estimate of drug-likeness (QED) is 0.629. The predicted octanol–water partition coefficient (Wildman–Crippen LogP) is 3.50. The second-order valence-electron chi connectivity index (χ2n) is 4.60. The van der Waals surface area contributed by atoms with Crippen LogP contribution in [0.1, 0.15) is 11.3 Å². The SMILES string of the molecule is Cc1cccc(O[SiH](C)C)c1N=Cc1ccccn1. The van der Waals surface area contributed by atoms with E-state index in [9.17, 15) is 0 Å². The van der Waals surface area contributed by atoms with Crippen LogP contribution in [-0.2, 0) is 0 Å². The van der Waals surface area contributed by atoms with Crippen LogP contribution in [0, 0.1) is 6.92 Å². The third-order valence-corrected chi connectivity index (χ3v) is 3.30. The van der Waals surface area contributed by atoms with Gasteiger partial charge in [0.2, 0.25) is 9.04 Å². The van der Waals surface area contributed by atoms with Crippen molar-refractivity contribution in [3.05, 3.63) is 53.9 Å². The van der Waals surface area contributed by atoms with Gasteiger partial charge in [-0.25, -0.2) is 0 Å². The van der Waals surface area contributed by atoms with Crippen molar-refractivity contribution in [1.82, 2.24) is 4.98 Å². The Kier molecular flexibility index (Phi) is 4.47. The standard InChI is InChI=1S/C15H18N2OSi/c1-12-7-6-9-14(18-19(2)3)15(12)17-11-13-8-4-5-10-16-13/h4-11,19H,1-3H3. The van der Waals surface area contributed by atoms with Crippen LogP contribution >= 0.6 is 0 Å². The molecule has 2 rings (SSSR count). The van der Waals surface area contributed by atoms with Gasteiger partial charge in [0.1, 0.15) is 11.4 Å². The summed E-state index contributed by atoms with van der Waals surface area (Å²) >= 11 is 0. The Morgan fingerprint density at radius 1 is 1.16 bits per heavy atom. The van der Waals surface area contributed by atoms with Crippen LogP contribution in [-0.4, -0.2) is 20.2 Å². The van der Waals surface area contributed by atoms with Gasteiger partial charge in [-0.2, -0.15) is 0 Å². The minimum Gasteiger partial charge on any atom is -0.546 e. The smallest absolute Gasteiger partial charge is 0.229 e. The fraction of sp³-hybridized carbons (Fsp3) is 0.200. The van der Waals surface area contributed by atoms with E-state index in [4.69, 9.17) is 4.43 Å². The van der Waals surface area contributed by atoms with Crippen LogP contribution in [0.25, 0.3) is 0 Å². The van der Waals surface area contributed by atoms with Crippen molar-refractivity contribution in [2.75, 3.05) is 0 Å². The molecule has 0 unspecified atom stereocenters. The van der Waals surface area contributed by atoms with Gasteiger partial charge in [-0.1, -0.05) is 18.2 Å². The first-order valence-corrected chi connectivity index (χ1v) is 9.16. The molecule has 0 saturated carbocycles. The third-order valence-electron chi connectivity index (χ3n) is 2.58. The average Bonchev–Trinajstić information content (AvgIpc) is 2.38. The van der Waals surface area contributed by atoms with Crippen LogP contribution < -0.4 is 4.43 Å². The number of pyridine rings is 1. The molecule has 0 radical (unpaired) electrons. The maximum atomic E-state index is 5.92. The number of aryl methyl sites for hydroxylation is 1. The molecule has 0 atom stereocenters. The van der Waals surface area contributed by atoms with Crippen molar-refractivity contribution >= 4 is 20.9 Å². The molecule has 1 aromatic heterocycles. The van der Waals surface area contributed by atoms with Gasteiger partial charge in [0, 0.05) is 6.20 Å². The number of aromatic nitrogens is 1. The maximum absolute atomic E-state index is 5.92.